The van der Waals surface area contributed by atoms with Gasteiger partial charge in [-0.15, -0.1) is 0 Å². The van der Waals surface area contributed by atoms with Crippen molar-refractivity contribution in [3.63, 3.8) is 0 Å². The molecule has 0 fully saturated rings. The molecule has 0 saturated heterocycles. The number of nitrogens with zero attached hydrogens (tertiary/aromatic N) is 1. The molecule has 0 bridgehead atoms. The van der Waals surface area contributed by atoms with Gasteiger partial charge in [0.2, 0.25) is 0 Å². The Bertz CT molecular complexity index is 436. The fourth-order valence-electron chi connectivity index (χ4n) is 1.64. The number of carbonyl (C=O) groups is 2. The van der Waals surface area contributed by atoms with Gasteiger partial charge in [-0.25, -0.2) is 9.59 Å². The highest BCUT2D eigenvalue weighted by Crippen LogP contribution is 2.04. The third-order valence-electron chi connectivity index (χ3n) is 2.86. The number of urea groups is 1. The number of hydrogen-bond donors (Lipinski definition) is 2. The Labute approximate surface area is 118 Å². The molecular weight excluding hydrogens is 260 g/mol. The zero-order valence-corrected chi connectivity index (χ0v) is 11.7. The molecule has 0 aromatic heterocycles. The number of amides is 2. The maximum atomic E-state index is 11.8. The average Bonchev–Trinajstić information content (AvgIpc) is 2.44. The lowest BCUT2D eigenvalue weighted by Gasteiger charge is -2.21. The molecule has 6 heteroatoms. The third kappa shape index (κ3) is 5.27. The van der Waals surface area contributed by atoms with Gasteiger partial charge in [0.25, 0.3) is 0 Å². The lowest BCUT2D eigenvalue weighted by Crippen LogP contribution is -2.48. The SMILES string of the molecule is COCCN(C)C(=O)N[C@@H](Cc1ccccc1)C(=O)O. The van der Waals surface area contributed by atoms with Crippen LogP contribution < -0.4 is 5.32 Å². The molecule has 0 aliphatic carbocycles. The highest BCUT2D eigenvalue weighted by Gasteiger charge is 2.21. The van der Waals surface area contributed by atoms with E-state index < -0.39 is 18.0 Å². The number of methoxy groups -OCH3 is 1. The molecule has 1 atom stereocenters. The van der Waals surface area contributed by atoms with Gasteiger partial charge in [-0.05, 0) is 5.56 Å². The summed E-state index contributed by atoms with van der Waals surface area (Å²) in [5, 5.41) is 11.7. The molecule has 0 aliphatic heterocycles. The molecule has 1 aromatic carbocycles. The van der Waals surface area contributed by atoms with Gasteiger partial charge in [-0.1, -0.05) is 30.3 Å². The molecule has 0 radical (unpaired) electrons. The zero-order chi connectivity index (χ0) is 15.0. The number of carbonyl (C=O) groups excluding carboxylic acids is 1. The normalized spacial score (nSPS) is 11.7. The van der Waals surface area contributed by atoms with Crippen molar-refractivity contribution in [1.29, 1.82) is 0 Å². The van der Waals surface area contributed by atoms with E-state index in [4.69, 9.17) is 4.74 Å². The molecule has 0 aliphatic rings. The maximum absolute atomic E-state index is 11.8. The van der Waals surface area contributed by atoms with Crippen LogP contribution in [0.2, 0.25) is 0 Å². The molecule has 20 heavy (non-hydrogen) atoms. The smallest absolute Gasteiger partial charge is 0.326 e. The second-order valence-corrected chi connectivity index (χ2v) is 4.44. The van der Waals surface area contributed by atoms with Crippen molar-refractivity contribution in [2.75, 3.05) is 27.3 Å². The van der Waals surface area contributed by atoms with Crippen molar-refractivity contribution in [3.8, 4) is 0 Å². The Morgan fingerprint density at radius 2 is 2.00 bits per heavy atom. The molecule has 2 amide bonds. The van der Waals surface area contributed by atoms with E-state index in [1.54, 1.807) is 14.2 Å². The Balaban J connectivity index is 2.59. The summed E-state index contributed by atoms with van der Waals surface area (Å²) in [6.45, 7) is 0.806. The number of likely N-dealkylation sites (N-methyl/N-ethyl adjacent to an activating group) is 1. The fraction of sp³-hybridized carbons (Fsp3) is 0.429. The molecule has 0 heterocycles. The first kappa shape index (κ1) is 16.0. The van der Waals surface area contributed by atoms with Gasteiger partial charge in [0.05, 0.1) is 6.61 Å². The van der Waals surface area contributed by atoms with Crippen molar-refractivity contribution >= 4 is 12.0 Å². The molecule has 0 saturated carbocycles. The number of benzene rings is 1. The number of nitrogens with one attached hydrogen (secondary N) is 1. The summed E-state index contributed by atoms with van der Waals surface area (Å²) in [4.78, 5) is 24.5. The van der Waals surface area contributed by atoms with Crippen LogP contribution in [0.5, 0.6) is 0 Å². The van der Waals surface area contributed by atoms with Gasteiger partial charge in [0.1, 0.15) is 6.04 Å². The summed E-state index contributed by atoms with van der Waals surface area (Å²) in [5.41, 5.74) is 0.861. The molecule has 1 aromatic rings. The Morgan fingerprint density at radius 1 is 1.35 bits per heavy atom. The predicted molar refractivity (Wildman–Crippen MR) is 74.6 cm³/mol. The van der Waals surface area contributed by atoms with E-state index in [9.17, 15) is 14.7 Å². The summed E-state index contributed by atoms with van der Waals surface area (Å²) in [6.07, 6.45) is 0.250. The lowest BCUT2D eigenvalue weighted by molar-refractivity contribution is -0.139. The standard InChI is InChI=1S/C14H20N2O4/c1-16(8-9-20-2)14(19)15-12(13(17)18)10-11-6-4-3-5-7-11/h3-7,12H,8-10H2,1-2H3,(H,15,19)(H,17,18)/t12-/m0/s1. The average molecular weight is 280 g/mol. The number of carboxylic acid groups (broad SMARTS) is 1. The lowest BCUT2D eigenvalue weighted by atomic mass is 10.1. The monoisotopic (exact) mass is 280 g/mol. The summed E-state index contributed by atoms with van der Waals surface area (Å²) in [6, 6.07) is 7.81. The second kappa shape index (κ2) is 8.16. The van der Waals surface area contributed by atoms with E-state index in [0.29, 0.717) is 13.2 Å². The van der Waals surface area contributed by atoms with Crippen LogP contribution in [-0.4, -0.2) is 55.4 Å². The minimum absolute atomic E-state index is 0.250. The quantitative estimate of drug-likeness (QED) is 0.780. The largest absolute Gasteiger partial charge is 0.480 e. The van der Waals surface area contributed by atoms with Crippen molar-refractivity contribution in [2.45, 2.75) is 12.5 Å². The first-order valence-electron chi connectivity index (χ1n) is 6.32. The van der Waals surface area contributed by atoms with Crippen LogP contribution in [0.1, 0.15) is 5.56 Å². The molecule has 110 valence electrons. The second-order valence-electron chi connectivity index (χ2n) is 4.44. The Hall–Kier alpha value is -2.08. The van der Waals surface area contributed by atoms with Crippen LogP contribution in [0.4, 0.5) is 4.79 Å². The van der Waals surface area contributed by atoms with Crippen molar-refractivity contribution in [3.05, 3.63) is 35.9 Å². The number of ether oxygens (including phenoxy) is 1. The summed E-state index contributed by atoms with van der Waals surface area (Å²) >= 11 is 0. The molecule has 1 rings (SSSR count). The minimum Gasteiger partial charge on any atom is -0.480 e. The Morgan fingerprint density at radius 3 is 2.55 bits per heavy atom. The predicted octanol–water partition coefficient (Wildman–Crippen LogP) is 0.970. The number of carboxylic acids is 1. The van der Waals surface area contributed by atoms with Crippen molar-refractivity contribution in [2.24, 2.45) is 0 Å². The maximum Gasteiger partial charge on any atom is 0.326 e. The first-order valence-corrected chi connectivity index (χ1v) is 6.32. The van der Waals surface area contributed by atoms with Crippen LogP contribution in [-0.2, 0) is 16.0 Å². The highest BCUT2D eigenvalue weighted by atomic mass is 16.5. The minimum atomic E-state index is -1.05. The number of aliphatic carboxylic acids is 1. The van der Waals surface area contributed by atoms with Crippen LogP contribution in [0, 0.1) is 0 Å². The zero-order valence-electron chi connectivity index (χ0n) is 11.7. The topological polar surface area (TPSA) is 78.9 Å². The number of rotatable bonds is 7. The van der Waals surface area contributed by atoms with Crippen molar-refractivity contribution < 1.29 is 19.4 Å². The van der Waals surface area contributed by atoms with E-state index in [-0.39, 0.29) is 6.42 Å². The van der Waals surface area contributed by atoms with Crippen molar-refractivity contribution in [1.82, 2.24) is 10.2 Å². The van der Waals surface area contributed by atoms with Gasteiger partial charge < -0.3 is 20.1 Å². The molecular formula is C14H20N2O4. The van der Waals surface area contributed by atoms with Gasteiger partial charge in [-0.2, -0.15) is 0 Å². The van der Waals surface area contributed by atoms with Gasteiger partial charge in [0.15, 0.2) is 0 Å². The van der Waals surface area contributed by atoms with Crippen LogP contribution in [0.15, 0.2) is 30.3 Å². The van der Waals surface area contributed by atoms with Gasteiger partial charge >= 0.3 is 12.0 Å². The molecule has 0 unspecified atom stereocenters. The van der Waals surface area contributed by atoms with E-state index in [1.807, 2.05) is 30.3 Å². The van der Waals surface area contributed by atoms with Crippen LogP contribution in [0.25, 0.3) is 0 Å². The summed E-state index contributed by atoms with van der Waals surface area (Å²) < 4.78 is 4.87. The number of hydrogen-bond acceptors (Lipinski definition) is 3. The Kier molecular flexibility index (Phi) is 6.52. The molecule has 0 spiro atoms. The molecule has 6 nitrogen and oxygen atoms in total. The first-order chi connectivity index (χ1) is 9.54. The summed E-state index contributed by atoms with van der Waals surface area (Å²) in [5.74, 6) is -1.05. The fourth-order valence-corrected chi connectivity index (χ4v) is 1.64. The van der Waals surface area contributed by atoms with E-state index in [0.717, 1.165) is 5.56 Å². The van der Waals surface area contributed by atoms with E-state index >= 15 is 0 Å². The third-order valence-corrected chi connectivity index (χ3v) is 2.86. The van der Waals surface area contributed by atoms with E-state index in [2.05, 4.69) is 5.32 Å². The van der Waals surface area contributed by atoms with Gasteiger partial charge in [0, 0.05) is 27.1 Å². The molecule has 2 N–H and O–H groups in total. The van der Waals surface area contributed by atoms with Crippen LogP contribution >= 0.6 is 0 Å². The highest BCUT2D eigenvalue weighted by molar-refractivity contribution is 5.82. The van der Waals surface area contributed by atoms with E-state index in [1.165, 1.54) is 4.90 Å². The summed E-state index contributed by atoms with van der Waals surface area (Å²) in [7, 11) is 3.14. The van der Waals surface area contributed by atoms with Gasteiger partial charge in [-0.3, -0.25) is 0 Å². The van der Waals surface area contributed by atoms with Crippen LogP contribution in [0.3, 0.4) is 0 Å².